The van der Waals surface area contributed by atoms with Crippen LogP contribution >= 0.6 is 0 Å². The number of hydrogen-bond acceptors (Lipinski definition) is 5. The molecule has 1 N–H and O–H groups in total. The van der Waals surface area contributed by atoms with E-state index in [4.69, 9.17) is 0 Å². The van der Waals surface area contributed by atoms with Crippen LogP contribution in [0.2, 0.25) is 0 Å². The van der Waals surface area contributed by atoms with E-state index in [-0.39, 0.29) is 16.9 Å². The summed E-state index contributed by atoms with van der Waals surface area (Å²) in [6.07, 6.45) is 9.23. The minimum absolute atomic E-state index is 0.144. The maximum atomic E-state index is 12.9. The second-order valence-electron chi connectivity index (χ2n) is 8.26. The van der Waals surface area contributed by atoms with Crippen molar-refractivity contribution in [1.29, 1.82) is 0 Å². The Morgan fingerprint density at radius 2 is 2.09 bits per heavy atom. The van der Waals surface area contributed by atoms with Crippen LogP contribution in [0.3, 0.4) is 0 Å². The van der Waals surface area contributed by atoms with Gasteiger partial charge in [-0.3, -0.25) is 19.3 Å². The number of pyridine rings is 1. The van der Waals surface area contributed by atoms with Crippen LogP contribution in [-0.2, 0) is 12.1 Å². The average molecular weight is 434 g/mol. The number of nitrogens with zero attached hydrogens (tertiary/aromatic N) is 6. The van der Waals surface area contributed by atoms with Gasteiger partial charge in [-0.2, -0.15) is 5.10 Å². The monoisotopic (exact) mass is 433 g/mol. The van der Waals surface area contributed by atoms with E-state index in [0.29, 0.717) is 12.2 Å². The third-order valence-corrected chi connectivity index (χ3v) is 6.34. The molecule has 166 valence electrons. The largest absolute Gasteiger partial charge is 0.354 e. The Morgan fingerprint density at radius 3 is 2.78 bits per heavy atom. The summed E-state index contributed by atoms with van der Waals surface area (Å²) in [7, 11) is 1.47. The summed E-state index contributed by atoms with van der Waals surface area (Å²) in [4.78, 5) is 37.7. The predicted molar refractivity (Wildman–Crippen MR) is 125 cm³/mol. The van der Waals surface area contributed by atoms with Crippen LogP contribution in [-0.4, -0.2) is 45.3 Å². The van der Waals surface area contributed by atoms with Gasteiger partial charge >= 0.3 is 0 Å². The summed E-state index contributed by atoms with van der Waals surface area (Å²) in [5.74, 6) is -0.545. The van der Waals surface area contributed by atoms with Crippen molar-refractivity contribution in [2.24, 2.45) is 9.98 Å². The fourth-order valence-electron chi connectivity index (χ4n) is 4.68. The van der Waals surface area contributed by atoms with Crippen molar-refractivity contribution in [3.05, 3.63) is 51.7 Å². The molecule has 0 saturated heterocycles. The number of rotatable bonds is 6. The normalized spacial score (nSPS) is 15.5. The van der Waals surface area contributed by atoms with Crippen molar-refractivity contribution < 1.29 is 4.79 Å². The molecule has 3 heterocycles. The van der Waals surface area contributed by atoms with Crippen molar-refractivity contribution in [1.82, 2.24) is 24.6 Å². The average Bonchev–Trinajstić information content (AvgIpc) is 3.41. The van der Waals surface area contributed by atoms with Crippen LogP contribution in [0.4, 0.5) is 5.69 Å². The van der Waals surface area contributed by atoms with Gasteiger partial charge in [-0.25, -0.2) is 9.98 Å². The molecule has 0 atom stereocenters. The summed E-state index contributed by atoms with van der Waals surface area (Å²) in [6, 6.07) is 4.03. The number of aliphatic imine (C=N–C) groups is 2. The Bertz CT molecular complexity index is 1280. The highest BCUT2D eigenvalue weighted by molar-refractivity contribution is 5.92. The molecule has 3 aromatic heterocycles. The first kappa shape index (κ1) is 21.6. The van der Waals surface area contributed by atoms with Crippen molar-refractivity contribution in [3.63, 3.8) is 0 Å². The van der Waals surface area contributed by atoms with Gasteiger partial charge in [0.15, 0.2) is 5.69 Å². The zero-order chi connectivity index (χ0) is 22.9. The topological polar surface area (TPSA) is 107 Å². The van der Waals surface area contributed by atoms with E-state index >= 15 is 0 Å². The lowest BCUT2D eigenvalue weighted by atomic mass is 9.96. The van der Waals surface area contributed by atoms with Crippen LogP contribution in [0.25, 0.3) is 11.0 Å². The Hall–Kier alpha value is -3.62. The molecule has 1 amide bonds. The van der Waals surface area contributed by atoms with Gasteiger partial charge in [-0.05, 0) is 51.1 Å². The quantitative estimate of drug-likeness (QED) is 0.476. The fraction of sp³-hybridized carbons (Fsp3) is 0.391. The molecular weight excluding hydrogens is 406 g/mol. The number of aryl methyl sites for hydroxylation is 1. The molecule has 1 fully saturated rings. The van der Waals surface area contributed by atoms with Crippen LogP contribution in [0.15, 0.2) is 39.3 Å². The molecule has 0 radical (unpaired) electrons. The minimum Gasteiger partial charge on any atom is -0.354 e. The maximum Gasteiger partial charge on any atom is 0.275 e. The lowest BCUT2D eigenvalue weighted by molar-refractivity contribution is 0.0953. The number of amides is 1. The second kappa shape index (κ2) is 8.49. The van der Waals surface area contributed by atoms with Crippen molar-refractivity contribution in [3.8, 4) is 0 Å². The van der Waals surface area contributed by atoms with E-state index in [1.54, 1.807) is 11.6 Å². The fourth-order valence-corrected chi connectivity index (χ4v) is 4.68. The third-order valence-electron chi connectivity index (χ3n) is 6.34. The number of nitrogens with one attached hydrogen (secondary N) is 1. The molecule has 1 aliphatic carbocycles. The van der Waals surface area contributed by atoms with Gasteiger partial charge in [0.25, 0.3) is 5.91 Å². The lowest BCUT2D eigenvalue weighted by Gasteiger charge is -2.33. The van der Waals surface area contributed by atoms with E-state index in [2.05, 4.69) is 55.9 Å². The van der Waals surface area contributed by atoms with E-state index in [0.717, 1.165) is 42.3 Å². The maximum absolute atomic E-state index is 12.9. The third kappa shape index (κ3) is 3.53. The number of carbonyl (C=O) groups is 1. The first-order valence-electron chi connectivity index (χ1n) is 10.7. The Morgan fingerprint density at radius 1 is 1.34 bits per heavy atom. The molecule has 4 rings (SSSR count). The molecule has 1 aliphatic rings. The van der Waals surface area contributed by atoms with Gasteiger partial charge in [0.2, 0.25) is 5.43 Å². The highest BCUT2D eigenvalue weighted by Crippen LogP contribution is 2.41. The summed E-state index contributed by atoms with van der Waals surface area (Å²) in [6.45, 7) is 7.75. The van der Waals surface area contributed by atoms with Crippen LogP contribution in [0.5, 0.6) is 0 Å². The highest BCUT2D eigenvalue weighted by atomic mass is 16.2. The molecule has 0 aromatic carbocycles. The minimum atomic E-state index is -0.545. The van der Waals surface area contributed by atoms with Crippen molar-refractivity contribution >= 4 is 35.7 Å². The molecule has 0 bridgehead atoms. The zero-order valence-corrected chi connectivity index (χ0v) is 18.6. The van der Waals surface area contributed by atoms with Crippen molar-refractivity contribution in [2.45, 2.75) is 51.6 Å². The highest BCUT2D eigenvalue weighted by Gasteiger charge is 2.38. The summed E-state index contributed by atoms with van der Waals surface area (Å²) in [5.41, 5.74) is 1.84. The smallest absolute Gasteiger partial charge is 0.275 e. The first-order valence-corrected chi connectivity index (χ1v) is 10.7. The van der Waals surface area contributed by atoms with Gasteiger partial charge in [0.05, 0.1) is 17.8 Å². The van der Waals surface area contributed by atoms with Gasteiger partial charge < -0.3 is 9.88 Å². The van der Waals surface area contributed by atoms with Crippen LogP contribution in [0.1, 0.15) is 47.4 Å². The Kier molecular flexibility index (Phi) is 5.73. The Balaban J connectivity index is 1.90. The summed E-state index contributed by atoms with van der Waals surface area (Å²) >= 11 is 0. The van der Waals surface area contributed by atoms with Gasteiger partial charge in [-0.15, -0.1) is 0 Å². The number of aromatic nitrogens is 4. The predicted octanol–water partition coefficient (Wildman–Crippen LogP) is 2.90. The van der Waals surface area contributed by atoms with E-state index in [1.807, 2.05) is 12.3 Å². The molecule has 1 saturated carbocycles. The van der Waals surface area contributed by atoms with Gasteiger partial charge in [0.1, 0.15) is 17.7 Å². The van der Waals surface area contributed by atoms with Gasteiger partial charge in [0, 0.05) is 24.8 Å². The molecule has 32 heavy (non-hydrogen) atoms. The number of carbonyl (C=O) groups excluding carboxylic acids is 1. The van der Waals surface area contributed by atoms with Crippen LogP contribution < -0.4 is 10.7 Å². The molecule has 0 unspecified atom stereocenters. The SMILES string of the molecule is C=N/C=N\c1c(C)n(CC2(n3cc(C)c4cccnc43)CCCC2)nc(C(=O)NC)c1=O. The molecule has 9 nitrogen and oxygen atoms in total. The second-order valence-corrected chi connectivity index (χ2v) is 8.26. The van der Waals surface area contributed by atoms with Gasteiger partial charge in [-0.1, -0.05) is 12.8 Å². The molecule has 9 heteroatoms. The standard InChI is InChI=1S/C23H27N7O2/c1-15-12-29(21-17(15)8-7-11-26-21)23(9-5-6-10-23)13-30-16(2)18(27-14-24-3)20(31)19(28-30)22(32)25-4/h7-8,11-12,14H,3,5-6,9-10,13H2,1-2,4H3,(H,25,32)/b27-14-. The number of fused-ring (bicyclic) bond motifs is 1. The van der Waals surface area contributed by atoms with E-state index in [1.165, 1.54) is 13.4 Å². The molecule has 0 aliphatic heterocycles. The summed E-state index contributed by atoms with van der Waals surface area (Å²) < 4.78 is 3.99. The van der Waals surface area contributed by atoms with Crippen molar-refractivity contribution in [2.75, 3.05) is 7.05 Å². The lowest BCUT2D eigenvalue weighted by Crippen LogP contribution is -2.38. The Labute approximate surface area is 185 Å². The molecule has 0 spiro atoms. The van der Waals surface area contributed by atoms with E-state index in [9.17, 15) is 9.59 Å². The molecule has 3 aromatic rings. The first-order chi connectivity index (χ1) is 15.4. The zero-order valence-electron chi connectivity index (χ0n) is 18.6. The number of hydrogen-bond donors (Lipinski definition) is 1. The molecular formula is C23H27N7O2. The van der Waals surface area contributed by atoms with E-state index < -0.39 is 11.3 Å². The van der Waals surface area contributed by atoms with Crippen LogP contribution in [0, 0.1) is 13.8 Å². The summed E-state index contributed by atoms with van der Waals surface area (Å²) in [5, 5.41) is 8.09.